The maximum absolute atomic E-state index is 10.2. The summed E-state index contributed by atoms with van der Waals surface area (Å²) in [5, 5.41) is 19.1. The third-order valence-electron chi connectivity index (χ3n) is 6.84. The number of benzene rings is 2. The highest BCUT2D eigenvalue weighted by atomic mass is 16.3. The van der Waals surface area contributed by atoms with E-state index in [1.807, 2.05) is 23.1 Å². The summed E-state index contributed by atoms with van der Waals surface area (Å²) in [4.78, 5) is 14.1. The van der Waals surface area contributed by atoms with Gasteiger partial charge in [-0.3, -0.25) is 0 Å². The number of piperazine rings is 1. The van der Waals surface area contributed by atoms with Crippen molar-refractivity contribution in [1.29, 1.82) is 0 Å². The standard InChI is InChI=1S/C25H27N7O/c1-30-11-13-31(14-12-30)19-7-5-18(6-8-19)28-25-26-15-17-16-27-32(24(17)29-25)22-10-9-21-20(22)3-2-4-23(21)33/h2-8,15-16,22,33H,9-14H2,1H3,(H,26,28,29). The first-order chi connectivity index (χ1) is 16.2. The molecule has 2 N–H and O–H groups in total. The summed E-state index contributed by atoms with van der Waals surface area (Å²) >= 11 is 0. The zero-order valence-corrected chi connectivity index (χ0v) is 18.6. The molecule has 1 aliphatic carbocycles. The molecule has 2 aromatic carbocycles. The van der Waals surface area contributed by atoms with E-state index in [4.69, 9.17) is 4.98 Å². The predicted octanol–water partition coefficient (Wildman–Crippen LogP) is 3.56. The van der Waals surface area contributed by atoms with Crippen LogP contribution in [0.2, 0.25) is 0 Å². The fraction of sp³-hybridized carbons (Fsp3) is 0.320. The summed E-state index contributed by atoms with van der Waals surface area (Å²) < 4.78 is 1.96. The Morgan fingerprint density at radius 1 is 1.00 bits per heavy atom. The highest BCUT2D eigenvalue weighted by Crippen LogP contribution is 2.39. The molecule has 0 spiro atoms. The average molecular weight is 442 g/mol. The number of fused-ring (bicyclic) bond motifs is 2. The van der Waals surface area contributed by atoms with E-state index in [-0.39, 0.29) is 6.04 Å². The molecular formula is C25H27N7O. The number of hydrogen-bond acceptors (Lipinski definition) is 7. The van der Waals surface area contributed by atoms with Gasteiger partial charge in [0.15, 0.2) is 5.65 Å². The molecule has 6 rings (SSSR count). The number of aromatic nitrogens is 4. The number of rotatable bonds is 4. The Bertz CT molecular complexity index is 1290. The number of hydrogen-bond donors (Lipinski definition) is 2. The van der Waals surface area contributed by atoms with Gasteiger partial charge in [0.2, 0.25) is 5.95 Å². The zero-order chi connectivity index (χ0) is 22.4. The Balaban J connectivity index is 1.24. The van der Waals surface area contributed by atoms with E-state index in [0.717, 1.165) is 66.9 Å². The van der Waals surface area contributed by atoms with E-state index >= 15 is 0 Å². The summed E-state index contributed by atoms with van der Waals surface area (Å²) in [6, 6.07) is 14.2. The van der Waals surface area contributed by atoms with Gasteiger partial charge in [-0.2, -0.15) is 10.1 Å². The van der Waals surface area contributed by atoms with E-state index in [1.54, 1.807) is 6.07 Å². The fourth-order valence-electron chi connectivity index (χ4n) is 4.94. The van der Waals surface area contributed by atoms with Gasteiger partial charge in [-0.15, -0.1) is 0 Å². The van der Waals surface area contributed by atoms with Crippen LogP contribution in [-0.2, 0) is 6.42 Å². The third kappa shape index (κ3) is 3.66. The van der Waals surface area contributed by atoms with Gasteiger partial charge in [0, 0.05) is 43.8 Å². The summed E-state index contributed by atoms with van der Waals surface area (Å²) in [6.45, 7) is 4.28. The van der Waals surface area contributed by atoms with Gasteiger partial charge in [0.05, 0.1) is 17.6 Å². The third-order valence-corrected chi connectivity index (χ3v) is 6.84. The summed E-state index contributed by atoms with van der Waals surface area (Å²) in [5.41, 5.74) is 5.12. The van der Waals surface area contributed by atoms with Crippen molar-refractivity contribution >= 4 is 28.4 Å². The molecule has 1 atom stereocenters. The highest BCUT2D eigenvalue weighted by molar-refractivity contribution is 5.75. The van der Waals surface area contributed by atoms with Crippen LogP contribution >= 0.6 is 0 Å². The second-order valence-electron chi connectivity index (χ2n) is 8.92. The van der Waals surface area contributed by atoms with Gasteiger partial charge >= 0.3 is 0 Å². The number of likely N-dealkylation sites (N-methyl/N-ethyl adjacent to an activating group) is 1. The number of anilines is 3. The van der Waals surface area contributed by atoms with Crippen LogP contribution in [-0.4, -0.2) is 63.0 Å². The lowest BCUT2D eigenvalue weighted by Crippen LogP contribution is -2.44. The summed E-state index contributed by atoms with van der Waals surface area (Å²) in [7, 11) is 2.17. The highest BCUT2D eigenvalue weighted by Gasteiger charge is 2.28. The Hall–Kier alpha value is -3.65. The number of phenolic OH excluding ortho intramolecular Hbond substituents is 1. The molecule has 1 saturated heterocycles. The smallest absolute Gasteiger partial charge is 0.229 e. The van der Waals surface area contributed by atoms with Gasteiger partial charge in [-0.25, -0.2) is 9.67 Å². The monoisotopic (exact) mass is 441 g/mol. The number of nitrogens with one attached hydrogen (secondary N) is 1. The molecule has 0 saturated carbocycles. The average Bonchev–Trinajstić information content (AvgIpc) is 3.45. The minimum Gasteiger partial charge on any atom is -0.508 e. The van der Waals surface area contributed by atoms with Crippen LogP contribution in [0.4, 0.5) is 17.3 Å². The summed E-state index contributed by atoms with van der Waals surface area (Å²) in [6.07, 6.45) is 5.35. The van der Waals surface area contributed by atoms with E-state index in [1.165, 1.54) is 5.69 Å². The normalized spacial score (nSPS) is 18.6. The Morgan fingerprint density at radius 3 is 2.64 bits per heavy atom. The summed E-state index contributed by atoms with van der Waals surface area (Å²) in [5.74, 6) is 0.911. The van der Waals surface area contributed by atoms with Gasteiger partial charge in [-0.05, 0) is 61.3 Å². The molecule has 0 bridgehead atoms. The minimum absolute atomic E-state index is 0.0650. The number of aromatic hydroxyl groups is 1. The van der Waals surface area contributed by atoms with Crippen molar-refractivity contribution in [1.82, 2.24) is 24.6 Å². The van der Waals surface area contributed by atoms with Crippen molar-refractivity contribution in [2.45, 2.75) is 18.9 Å². The first kappa shape index (κ1) is 20.0. The van der Waals surface area contributed by atoms with Crippen LogP contribution in [0, 0.1) is 0 Å². The number of phenols is 1. The quantitative estimate of drug-likeness (QED) is 0.501. The molecule has 3 heterocycles. The first-order valence-corrected chi connectivity index (χ1v) is 11.5. The van der Waals surface area contributed by atoms with Crippen molar-refractivity contribution < 1.29 is 5.11 Å². The Morgan fingerprint density at radius 2 is 1.82 bits per heavy atom. The van der Waals surface area contributed by atoms with Crippen LogP contribution in [0.3, 0.4) is 0 Å². The molecule has 0 radical (unpaired) electrons. The molecule has 8 heteroatoms. The second-order valence-corrected chi connectivity index (χ2v) is 8.92. The van der Waals surface area contributed by atoms with Gasteiger partial charge in [-0.1, -0.05) is 12.1 Å². The van der Waals surface area contributed by atoms with Crippen LogP contribution in [0.15, 0.2) is 54.9 Å². The Kier molecular flexibility index (Phi) is 4.87. The molecule has 168 valence electrons. The van der Waals surface area contributed by atoms with Crippen LogP contribution < -0.4 is 10.2 Å². The molecule has 2 aromatic heterocycles. The molecule has 1 aliphatic heterocycles. The van der Waals surface area contributed by atoms with E-state index < -0.39 is 0 Å². The van der Waals surface area contributed by atoms with Gasteiger partial charge in [0.1, 0.15) is 5.75 Å². The van der Waals surface area contributed by atoms with Crippen LogP contribution in [0.1, 0.15) is 23.6 Å². The zero-order valence-electron chi connectivity index (χ0n) is 18.6. The van der Waals surface area contributed by atoms with Crippen molar-refractivity contribution in [3.63, 3.8) is 0 Å². The molecular weight excluding hydrogens is 414 g/mol. The fourth-order valence-corrected chi connectivity index (χ4v) is 4.94. The molecule has 4 aromatic rings. The maximum Gasteiger partial charge on any atom is 0.229 e. The van der Waals surface area contributed by atoms with Crippen molar-refractivity contribution in [3.8, 4) is 5.75 Å². The lowest BCUT2D eigenvalue weighted by Gasteiger charge is -2.34. The van der Waals surface area contributed by atoms with E-state index in [2.05, 4.69) is 62.6 Å². The van der Waals surface area contributed by atoms with Crippen LogP contribution in [0.25, 0.3) is 11.0 Å². The van der Waals surface area contributed by atoms with E-state index in [0.29, 0.717) is 11.7 Å². The Labute approximate surface area is 192 Å². The van der Waals surface area contributed by atoms with Crippen molar-refractivity contribution in [2.24, 2.45) is 0 Å². The van der Waals surface area contributed by atoms with E-state index in [9.17, 15) is 5.11 Å². The maximum atomic E-state index is 10.2. The van der Waals surface area contributed by atoms with Gasteiger partial charge in [0.25, 0.3) is 0 Å². The SMILES string of the molecule is CN1CCN(c2ccc(Nc3ncc4cnn(C5CCc6c(O)cccc65)c4n3)cc2)CC1. The molecule has 1 fully saturated rings. The molecule has 2 aliphatic rings. The topological polar surface area (TPSA) is 82.3 Å². The molecule has 0 amide bonds. The second kappa shape index (κ2) is 8.04. The van der Waals surface area contributed by atoms with Crippen molar-refractivity contribution in [2.75, 3.05) is 43.4 Å². The first-order valence-electron chi connectivity index (χ1n) is 11.5. The predicted molar refractivity (Wildman–Crippen MR) is 129 cm³/mol. The lowest BCUT2D eigenvalue weighted by molar-refractivity contribution is 0.313. The number of nitrogens with zero attached hydrogens (tertiary/aromatic N) is 6. The molecule has 33 heavy (non-hydrogen) atoms. The lowest BCUT2D eigenvalue weighted by atomic mass is 10.1. The molecule has 1 unspecified atom stereocenters. The largest absolute Gasteiger partial charge is 0.508 e. The minimum atomic E-state index is 0.0650. The van der Waals surface area contributed by atoms with Crippen LogP contribution in [0.5, 0.6) is 5.75 Å². The van der Waals surface area contributed by atoms with Gasteiger partial charge < -0.3 is 20.2 Å². The molecule has 8 nitrogen and oxygen atoms in total. The van der Waals surface area contributed by atoms with Crippen molar-refractivity contribution in [3.05, 3.63) is 66.0 Å².